The molecule has 246 valence electrons. The van der Waals surface area contributed by atoms with E-state index in [1.54, 1.807) is 0 Å². The van der Waals surface area contributed by atoms with E-state index in [0.717, 1.165) is 55.6 Å². The van der Waals surface area contributed by atoms with Crippen LogP contribution in [0.1, 0.15) is 150 Å². The third-order valence-corrected chi connectivity index (χ3v) is 13.7. The van der Waals surface area contributed by atoms with Crippen LogP contribution in [0.25, 0.3) is 0 Å². The molecule has 4 fully saturated rings. The lowest BCUT2D eigenvalue weighted by molar-refractivity contribution is -0.167. The van der Waals surface area contributed by atoms with E-state index in [1.807, 2.05) is 0 Å². The Hall–Kier alpha value is -0.160. The molecular weight excluding hydrogens is 514 g/mol. The first-order valence-electron chi connectivity index (χ1n) is 19.0. The molecule has 4 heteroatoms. The third-order valence-electron chi connectivity index (χ3n) is 13.7. The van der Waals surface area contributed by atoms with E-state index in [9.17, 15) is 5.11 Å². The van der Waals surface area contributed by atoms with Crippen molar-refractivity contribution in [2.24, 2.45) is 58.0 Å². The van der Waals surface area contributed by atoms with E-state index in [2.05, 4.69) is 45.3 Å². The standard InChI is InChI=1S/C38H73N3O/c1-28(2)14-12-15-29(3)32-16-17-33-36-34(19-21-38(32,33)5)37(4)20-18-31(26-30(37)27-35(36)42)41-25-13-24-40-23-11-9-7-6-8-10-22-39/h28-36,40-42H,6-27,39H2,1-5H3/t29-,30+,31-,32-,33?,34?,35-,36?,37+,38-/m1/s1. The van der Waals surface area contributed by atoms with Gasteiger partial charge in [-0.25, -0.2) is 0 Å². The number of unbranched alkanes of at least 4 members (excludes halogenated alkanes) is 5. The second-order valence-electron chi connectivity index (χ2n) is 16.8. The minimum atomic E-state index is -0.0729. The molecule has 4 aliphatic rings. The highest BCUT2D eigenvalue weighted by atomic mass is 16.3. The molecule has 42 heavy (non-hydrogen) atoms. The summed E-state index contributed by atoms with van der Waals surface area (Å²) in [5, 5.41) is 19.4. The molecule has 0 bridgehead atoms. The predicted octanol–water partition coefficient (Wildman–Crippen LogP) is 8.32. The van der Waals surface area contributed by atoms with Crippen molar-refractivity contribution >= 4 is 0 Å². The summed E-state index contributed by atoms with van der Waals surface area (Å²) in [5.41, 5.74) is 6.48. The zero-order chi connectivity index (χ0) is 30.2. The van der Waals surface area contributed by atoms with Gasteiger partial charge in [0.2, 0.25) is 0 Å². The average molecular weight is 588 g/mol. The molecular formula is C38H73N3O. The van der Waals surface area contributed by atoms with Crippen LogP contribution in [0.4, 0.5) is 0 Å². The lowest BCUT2D eigenvalue weighted by Crippen LogP contribution is -2.59. The molecule has 4 rings (SSSR count). The van der Waals surface area contributed by atoms with Gasteiger partial charge in [-0.2, -0.15) is 0 Å². The van der Waals surface area contributed by atoms with Crippen LogP contribution in [0, 0.1) is 52.3 Å². The molecule has 0 spiro atoms. The molecule has 0 heterocycles. The number of rotatable bonds is 18. The fraction of sp³-hybridized carbons (Fsp3) is 1.00. The second-order valence-corrected chi connectivity index (χ2v) is 16.8. The van der Waals surface area contributed by atoms with Crippen LogP contribution in [0.2, 0.25) is 0 Å². The summed E-state index contributed by atoms with van der Waals surface area (Å²) in [4.78, 5) is 0. The molecule has 4 aliphatic carbocycles. The van der Waals surface area contributed by atoms with Crippen molar-refractivity contribution in [3.05, 3.63) is 0 Å². The van der Waals surface area contributed by atoms with Gasteiger partial charge in [0, 0.05) is 6.04 Å². The van der Waals surface area contributed by atoms with Gasteiger partial charge in [-0.1, -0.05) is 79.6 Å². The van der Waals surface area contributed by atoms with Crippen molar-refractivity contribution in [2.75, 3.05) is 26.2 Å². The van der Waals surface area contributed by atoms with Crippen molar-refractivity contribution < 1.29 is 5.11 Å². The lowest BCUT2D eigenvalue weighted by atomic mass is 9.43. The molecule has 0 aromatic rings. The zero-order valence-corrected chi connectivity index (χ0v) is 28.8. The van der Waals surface area contributed by atoms with E-state index < -0.39 is 0 Å². The Kier molecular flexibility index (Phi) is 13.6. The fourth-order valence-electron chi connectivity index (χ4n) is 11.2. The van der Waals surface area contributed by atoms with E-state index in [1.165, 1.54) is 116 Å². The molecule has 0 aromatic carbocycles. The van der Waals surface area contributed by atoms with Crippen LogP contribution in [-0.4, -0.2) is 43.4 Å². The van der Waals surface area contributed by atoms with Crippen molar-refractivity contribution in [3.8, 4) is 0 Å². The molecule has 4 saturated carbocycles. The van der Waals surface area contributed by atoms with Crippen LogP contribution in [0.15, 0.2) is 0 Å². The Morgan fingerprint density at radius 2 is 1.43 bits per heavy atom. The topological polar surface area (TPSA) is 70.3 Å². The Morgan fingerprint density at radius 1 is 0.738 bits per heavy atom. The van der Waals surface area contributed by atoms with Gasteiger partial charge >= 0.3 is 0 Å². The number of nitrogens with one attached hydrogen (secondary N) is 2. The van der Waals surface area contributed by atoms with Crippen LogP contribution in [0.3, 0.4) is 0 Å². The van der Waals surface area contributed by atoms with Crippen LogP contribution in [0.5, 0.6) is 0 Å². The van der Waals surface area contributed by atoms with Gasteiger partial charge in [-0.15, -0.1) is 0 Å². The number of hydrogen-bond acceptors (Lipinski definition) is 4. The Labute approximate surface area is 261 Å². The second kappa shape index (κ2) is 16.4. The minimum Gasteiger partial charge on any atom is -0.393 e. The molecule has 0 aromatic heterocycles. The van der Waals surface area contributed by atoms with Gasteiger partial charge in [0.25, 0.3) is 0 Å². The normalized spacial score (nSPS) is 38.7. The van der Waals surface area contributed by atoms with Gasteiger partial charge in [0.15, 0.2) is 0 Å². The van der Waals surface area contributed by atoms with Gasteiger partial charge in [-0.05, 0) is 149 Å². The Morgan fingerprint density at radius 3 is 2.19 bits per heavy atom. The molecule has 0 saturated heterocycles. The maximum atomic E-state index is 11.8. The zero-order valence-electron chi connectivity index (χ0n) is 28.8. The smallest absolute Gasteiger partial charge is 0.0577 e. The Balaban J connectivity index is 1.19. The number of aliphatic hydroxyl groups excluding tert-OH is 1. The predicted molar refractivity (Wildman–Crippen MR) is 180 cm³/mol. The summed E-state index contributed by atoms with van der Waals surface area (Å²) in [6, 6.07) is 0.650. The summed E-state index contributed by atoms with van der Waals surface area (Å²) >= 11 is 0. The molecule has 0 amide bonds. The summed E-state index contributed by atoms with van der Waals surface area (Å²) in [5.74, 6) is 5.28. The molecule has 4 nitrogen and oxygen atoms in total. The first kappa shape index (κ1) is 34.7. The largest absolute Gasteiger partial charge is 0.393 e. The van der Waals surface area contributed by atoms with Crippen molar-refractivity contribution in [3.63, 3.8) is 0 Å². The summed E-state index contributed by atoms with van der Waals surface area (Å²) in [6.07, 6.45) is 23.8. The first-order chi connectivity index (χ1) is 20.2. The number of fused-ring (bicyclic) bond motifs is 5. The van der Waals surface area contributed by atoms with Crippen LogP contribution < -0.4 is 16.4 Å². The highest BCUT2D eigenvalue weighted by Gasteiger charge is 2.62. The van der Waals surface area contributed by atoms with Crippen LogP contribution in [-0.2, 0) is 0 Å². The molecule has 5 N–H and O–H groups in total. The monoisotopic (exact) mass is 588 g/mol. The quantitative estimate of drug-likeness (QED) is 0.122. The van der Waals surface area contributed by atoms with E-state index in [4.69, 9.17) is 5.73 Å². The average Bonchev–Trinajstić information content (AvgIpc) is 3.31. The van der Waals surface area contributed by atoms with Gasteiger partial charge in [0.05, 0.1) is 6.10 Å². The van der Waals surface area contributed by atoms with Crippen molar-refractivity contribution in [1.82, 2.24) is 10.6 Å². The molecule has 10 atom stereocenters. The number of hydrogen-bond donors (Lipinski definition) is 4. The van der Waals surface area contributed by atoms with Gasteiger partial charge in [0.1, 0.15) is 0 Å². The van der Waals surface area contributed by atoms with E-state index in [0.29, 0.717) is 28.7 Å². The highest BCUT2D eigenvalue weighted by Crippen LogP contribution is 2.68. The number of nitrogens with two attached hydrogens (primary N) is 1. The van der Waals surface area contributed by atoms with E-state index >= 15 is 0 Å². The molecule has 3 unspecified atom stereocenters. The summed E-state index contributed by atoms with van der Waals surface area (Å²) in [6.45, 7) is 16.9. The van der Waals surface area contributed by atoms with Crippen molar-refractivity contribution in [2.45, 2.75) is 162 Å². The SMILES string of the molecule is CC(C)CCC[C@@H](C)[C@H]1CCC2C3C(CC[C@@]21C)[C@@]1(C)CC[C@@H](NCCCNCCCCCCCCN)C[C@H]1C[C@H]3O. The summed E-state index contributed by atoms with van der Waals surface area (Å²) < 4.78 is 0. The van der Waals surface area contributed by atoms with Gasteiger partial charge in [-0.3, -0.25) is 0 Å². The van der Waals surface area contributed by atoms with E-state index in [-0.39, 0.29) is 6.10 Å². The molecule has 0 aliphatic heterocycles. The Bertz CT molecular complexity index is 773. The summed E-state index contributed by atoms with van der Waals surface area (Å²) in [7, 11) is 0. The maximum Gasteiger partial charge on any atom is 0.0577 e. The highest BCUT2D eigenvalue weighted by molar-refractivity contribution is 5.12. The number of aliphatic hydroxyl groups is 1. The van der Waals surface area contributed by atoms with Crippen LogP contribution >= 0.6 is 0 Å². The van der Waals surface area contributed by atoms with Gasteiger partial charge < -0.3 is 21.5 Å². The maximum absolute atomic E-state index is 11.8. The lowest BCUT2D eigenvalue weighted by Gasteiger charge is -2.62. The minimum absolute atomic E-state index is 0.0729. The molecule has 0 radical (unpaired) electrons. The third kappa shape index (κ3) is 8.35. The fourth-order valence-corrected chi connectivity index (χ4v) is 11.2. The first-order valence-corrected chi connectivity index (χ1v) is 19.0. The van der Waals surface area contributed by atoms with Crippen molar-refractivity contribution in [1.29, 1.82) is 0 Å².